The average molecular weight is 268 g/mol. The van der Waals surface area contributed by atoms with Crippen LogP contribution >= 0.6 is 0 Å². The number of rotatable bonds is 3. The molecule has 2 rings (SSSR count). The summed E-state index contributed by atoms with van der Waals surface area (Å²) < 4.78 is 0. The van der Waals surface area contributed by atoms with Crippen LogP contribution in [0.15, 0.2) is 0 Å². The number of hydrogen-bond acceptors (Lipinski definition) is 3. The molecule has 0 aromatic heterocycles. The fourth-order valence-electron chi connectivity index (χ4n) is 3.21. The number of carboxylic acids is 1. The van der Waals surface area contributed by atoms with Gasteiger partial charge in [-0.15, -0.1) is 0 Å². The highest BCUT2D eigenvalue weighted by molar-refractivity contribution is 5.88. The van der Waals surface area contributed by atoms with Crippen molar-refractivity contribution in [2.24, 2.45) is 5.92 Å². The third-order valence-corrected chi connectivity index (χ3v) is 4.49. The van der Waals surface area contributed by atoms with Gasteiger partial charge in [0, 0.05) is 6.54 Å². The summed E-state index contributed by atoms with van der Waals surface area (Å²) in [4.78, 5) is 26.0. The molecule has 1 heterocycles. The molecule has 0 bridgehead atoms. The molecule has 1 aliphatic carbocycles. The molecule has 1 saturated heterocycles. The van der Waals surface area contributed by atoms with Crippen LogP contribution in [0.5, 0.6) is 0 Å². The Morgan fingerprint density at radius 3 is 2.32 bits per heavy atom. The zero-order chi connectivity index (χ0) is 13.9. The van der Waals surface area contributed by atoms with Crippen LogP contribution in [0.4, 0.5) is 0 Å². The maximum absolute atomic E-state index is 12.3. The first kappa shape index (κ1) is 14.3. The van der Waals surface area contributed by atoms with Crippen LogP contribution in [0.3, 0.4) is 0 Å². The summed E-state index contributed by atoms with van der Waals surface area (Å²) in [6.45, 7) is 1.65. The molecule has 5 nitrogen and oxygen atoms in total. The van der Waals surface area contributed by atoms with Crippen molar-refractivity contribution in [3.63, 3.8) is 0 Å². The number of carbonyl (C=O) groups excluding carboxylic acids is 1. The zero-order valence-electron chi connectivity index (χ0n) is 11.7. The Morgan fingerprint density at radius 2 is 1.84 bits per heavy atom. The van der Waals surface area contributed by atoms with Gasteiger partial charge in [-0.1, -0.05) is 25.7 Å². The van der Waals surface area contributed by atoms with E-state index in [1.807, 2.05) is 7.05 Å². The molecule has 5 heteroatoms. The van der Waals surface area contributed by atoms with Gasteiger partial charge in [-0.2, -0.15) is 0 Å². The SMILES string of the molecule is CN1CCC(C(=O)NC2(C(=O)O)CCCCCC2)C1. The Balaban J connectivity index is 2.03. The van der Waals surface area contributed by atoms with Crippen molar-refractivity contribution in [2.75, 3.05) is 20.1 Å². The van der Waals surface area contributed by atoms with Gasteiger partial charge in [0.1, 0.15) is 5.54 Å². The molecule has 0 radical (unpaired) electrons. The van der Waals surface area contributed by atoms with Crippen LogP contribution in [0.2, 0.25) is 0 Å². The molecule has 0 spiro atoms. The van der Waals surface area contributed by atoms with Crippen LogP contribution in [-0.2, 0) is 9.59 Å². The van der Waals surface area contributed by atoms with Crippen LogP contribution in [0.25, 0.3) is 0 Å². The summed E-state index contributed by atoms with van der Waals surface area (Å²) in [7, 11) is 1.99. The molecular formula is C14H24N2O3. The molecule has 1 saturated carbocycles. The minimum atomic E-state index is -1.02. The molecule has 1 unspecified atom stereocenters. The summed E-state index contributed by atoms with van der Waals surface area (Å²) in [6.07, 6.45) is 5.87. The third kappa shape index (κ3) is 3.26. The number of aliphatic carboxylic acids is 1. The second-order valence-electron chi connectivity index (χ2n) is 6.04. The van der Waals surface area contributed by atoms with Crippen molar-refractivity contribution in [3.05, 3.63) is 0 Å². The Labute approximate surface area is 114 Å². The highest BCUT2D eigenvalue weighted by Crippen LogP contribution is 2.28. The van der Waals surface area contributed by atoms with E-state index >= 15 is 0 Å². The Bertz CT molecular complexity index is 349. The van der Waals surface area contributed by atoms with E-state index in [1.54, 1.807) is 0 Å². The smallest absolute Gasteiger partial charge is 0.329 e. The monoisotopic (exact) mass is 268 g/mol. The predicted octanol–water partition coefficient (Wildman–Crippen LogP) is 1.23. The lowest BCUT2D eigenvalue weighted by Gasteiger charge is -2.30. The molecular weight excluding hydrogens is 244 g/mol. The number of carboxylic acid groups (broad SMARTS) is 1. The number of nitrogens with zero attached hydrogens (tertiary/aromatic N) is 1. The minimum Gasteiger partial charge on any atom is -0.480 e. The van der Waals surface area contributed by atoms with Crippen molar-refractivity contribution < 1.29 is 14.7 Å². The van der Waals surface area contributed by atoms with Crippen molar-refractivity contribution in [3.8, 4) is 0 Å². The molecule has 2 N–H and O–H groups in total. The van der Waals surface area contributed by atoms with E-state index in [0.717, 1.165) is 45.2 Å². The van der Waals surface area contributed by atoms with E-state index in [9.17, 15) is 14.7 Å². The summed E-state index contributed by atoms with van der Waals surface area (Å²) >= 11 is 0. The van der Waals surface area contributed by atoms with Gasteiger partial charge >= 0.3 is 5.97 Å². The molecule has 2 aliphatic rings. The minimum absolute atomic E-state index is 0.0514. The van der Waals surface area contributed by atoms with Gasteiger partial charge in [-0.05, 0) is 32.9 Å². The standard InChI is InChI=1S/C14H24N2O3/c1-16-9-6-11(10-16)12(17)15-14(13(18)19)7-4-2-3-5-8-14/h11H,2-10H2,1H3,(H,15,17)(H,18,19). The molecule has 2 fully saturated rings. The van der Waals surface area contributed by atoms with Crippen LogP contribution in [0, 0.1) is 5.92 Å². The summed E-state index contributed by atoms with van der Waals surface area (Å²) in [6, 6.07) is 0. The van der Waals surface area contributed by atoms with Crippen molar-refractivity contribution in [1.29, 1.82) is 0 Å². The van der Waals surface area contributed by atoms with Gasteiger partial charge < -0.3 is 15.3 Å². The second kappa shape index (κ2) is 5.90. The van der Waals surface area contributed by atoms with Crippen molar-refractivity contribution >= 4 is 11.9 Å². The highest BCUT2D eigenvalue weighted by atomic mass is 16.4. The lowest BCUT2D eigenvalue weighted by atomic mass is 9.89. The van der Waals surface area contributed by atoms with E-state index in [0.29, 0.717) is 12.8 Å². The van der Waals surface area contributed by atoms with Crippen LogP contribution < -0.4 is 5.32 Å². The summed E-state index contributed by atoms with van der Waals surface area (Å²) in [5, 5.41) is 12.4. The van der Waals surface area contributed by atoms with Gasteiger partial charge in [-0.25, -0.2) is 4.79 Å². The highest BCUT2D eigenvalue weighted by Gasteiger charge is 2.41. The van der Waals surface area contributed by atoms with E-state index in [-0.39, 0.29) is 11.8 Å². The first-order valence-corrected chi connectivity index (χ1v) is 7.27. The second-order valence-corrected chi connectivity index (χ2v) is 6.04. The van der Waals surface area contributed by atoms with E-state index < -0.39 is 11.5 Å². The van der Waals surface area contributed by atoms with E-state index in [1.165, 1.54) is 0 Å². The van der Waals surface area contributed by atoms with Crippen LogP contribution in [0.1, 0.15) is 44.9 Å². The average Bonchev–Trinajstić information content (AvgIpc) is 2.65. The lowest BCUT2D eigenvalue weighted by molar-refractivity contribution is -0.149. The number of likely N-dealkylation sites (tertiary alicyclic amines) is 1. The predicted molar refractivity (Wildman–Crippen MR) is 71.8 cm³/mol. The van der Waals surface area contributed by atoms with Crippen molar-refractivity contribution in [2.45, 2.75) is 50.5 Å². The molecule has 19 heavy (non-hydrogen) atoms. The van der Waals surface area contributed by atoms with Crippen molar-refractivity contribution in [1.82, 2.24) is 10.2 Å². The molecule has 0 aromatic rings. The van der Waals surface area contributed by atoms with E-state index in [2.05, 4.69) is 10.2 Å². The Hall–Kier alpha value is -1.10. The largest absolute Gasteiger partial charge is 0.480 e. The molecule has 1 amide bonds. The first-order chi connectivity index (χ1) is 9.03. The van der Waals surface area contributed by atoms with Gasteiger partial charge in [0.2, 0.25) is 5.91 Å². The number of hydrogen-bond donors (Lipinski definition) is 2. The fraction of sp³-hybridized carbons (Fsp3) is 0.857. The third-order valence-electron chi connectivity index (χ3n) is 4.49. The van der Waals surface area contributed by atoms with E-state index in [4.69, 9.17) is 0 Å². The molecule has 0 aromatic carbocycles. The lowest BCUT2D eigenvalue weighted by Crippen LogP contribution is -2.55. The first-order valence-electron chi connectivity index (χ1n) is 7.27. The number of carbonyl (C=O) groups is 2. The Kier molecular flexibility index (Phi) is 4.45. The number of amides is 1. The molecule has 108 valence electrons. The quantitative estimate of drug-likeness (QED) is 0.755. The van der Waals surface area contributed by atoms with Gasteiger partial charge in [0.15, 0.2) is 0 Å². The van der Waals surface area contributed by atoms with Crippen LogP contribution in [-0.4, -0.2) is 47.6 Å². The van der Waals surface area contributed by atoms with Gasteiger partial charge in [-0.3, -0.25) is 4.79 Å². The summed E-state index contributed by atoms with van der Waals surface area (Å²) in [5.41, 5.74) is -1.02. The molecule has 1 atom stereocenters. The number of nitrogens with one attached hydrogen (secondary N) is 1. The van der Waals surface area contributed by atoms with Gasteiger partial charge in [0.05, 0.1) is 5.92 Å². The normalized spacial score (nSPS) is 27.7. The summed E-state index contributed by atoms with van der Waals surface area (Å²) in [5.74, 6) is -0.993. The fourth-order valence-corrected chi connectivity index (χ4v) is 3.21. The maximum atomic E-state index is 12.3. The molecule has 1 aliphatic heterocycles. The Morgan fingerprint density at radius 1 is 1.21 bits per heavy atom. The maximum Gasteiger partial charge on any atom is 0.329 e. The zero-order valence-corrected chi connectivity index (χ0v) is 11.7. The topological polar surface area (TPSA) is 69.6 Å². The van der Waals surface area contributed by atoms with Gasteiger partial charge in [0.25, 0.3) is 0 Å².